The van der Waals surface area contributed by atoms with Crippen LogP contribution in [0.1, 0.15) is 16.1 Å². The molecule has 20 heavy (non-hydrogen) atoms. The van der Waals surface area contributed by atoms with Gasteiger partial charge >= 0.3 is 5.97 Å². The van der Waals surface area contributed by atoms with Crippen molar-refractivity contribution in [3.05, 3.63) is 52.5 Å². The molecule has 0 bridgehead atoms. The fourth-order valence-corrected chi connectivity index (χ4v) is 2.02. The van der Waals surface area contributed by atoms with E-state index in [1.807, 2.05) is 6.07 Å². The minimum atomic E-state index is -0.546. The molecule has 1 aromatic heterocycles. The van der Waals surface area contributed by atoms with Crippen LogP contribution in [0, 0.1) is 0 Å². The van der Waals surface area contributed by atoms with E-state index in [1.165, 1.54) is 7.11 Å². The maximum Gasteiger partial charge on any atom is 0.341 e. The number of pyridine rings is 1. The van der Waals surface area contributed by atoms with E-state index in [-0.39, 0.29) is 11.1 Å². The molecule has 3 rings (SSSR count). The Hall–Kier alpha value is -2.83. The third-order valence-electron chi connectivity index (χ3n) is 2.94. The molecule has 102 valence electrons. The molecule has 1 N–H and O–H groups in total. The number of ether oxygens (including phenoxy) is 1. The number of H-pyrrole nitrogens is 1. The molecule has 0 saturated heterocycles. The van der Waals surface area contributed by atoms with Crippen LogP contribution in [-0.4, -0.2) is 27.8 Å². The van der Waals surface area contributed by atoms with Crippen molar-refractivity contribution < 1.29 is 13.9 Å². The van der Waals surface area contributed by atoms with Gasteiger partial charge in [0.05, 0.1) is 25.5 Å². The zero-order chi connectivity index (χ0) is 14.1. The van der Waals surface area contributed by atoms with Crippen LogP contribution >= 0.6 is 0 Å². The van der Waals surface area contributed by atoms with Crippen molar-refractivity contribution in [1.82, 2.24) is 14.8 Å². The third-order valence-corrected chi connectivity index (χ3v) is 2.94. The molecule has 0 fully saturated rings. The maximum absolute atomic E-state index is 11.8. The van der Waals surface area contributed by atoms with Crippen LogP contribution in [0.3, 0.4) is 0 Å². The van der Waals surface area contributed by atoms with Gasteiger partial charge in [0, 0.05) is 12.4 Å². The summed E-state index contributed by atoms with van der Waals surface area (Å²) in [5, 5.41) is 6.18. The largest absolute Gasteiger partial charge is 0.467 e. The van der Waals surface area contributed by atoms with Crippen molar-refractivity contribution in [2.45, 2.75) is 6.54 Å². The first-order chi connectivity index (χ1) is 9.69. The summed E-state index contributed by atoms with van der Waals surface area (Å²) in [6, 6.07) is 3.58. The number of nitrogens with zero attached hydrogens (tertiary/aromatic N) is 2. The Labute approximate surface area is 113 Å². The smallest absolute Gasteiger partial charge is 0.341 e. The molecular weight excluding hydrogens is 262 g/mol. The molecule has 7 nitrogen and oxygen atoms in total. The number of aromatic nitrogens is 3. The molecule has 0 amide bonds. The second-order valence-corrected chi connectivity index (χ2v) is 4.23. The topological polar surface area (TPSA) is 90.1 Å². The van der Waals surface area contributed by atoms with Gasteiger partial charge in [0.2, 0.25) is 0 Å². The molecule has 1 aromatic rings. The molecule has 0 atom stereocenters. The highest BCUT2D eigenvalue weighted by Gasteiger charge is 2.21. The zero-order valence-electron chi connectivity index (χ0n) is 10.6. The lowest BCUT2D eigenvalue weighted by molar-refractivity contribution is 0.0600. The lowest BCUT2D eigenvalue weighted by Gasteiger charge is -2.10. The highest BCUT2D eigenvalue weighted by atomic mass is 16.5. The number of hydrogen-bond acceptors (Lipinski definition) is 5. The normalized spacial score (nSPS) is 10.8. The Kier molecular flexibility index (Phi) is 2.86. The summed E-state index contributed by atoms with van der Waals surface area (Å²) in [5.74, 6) is 0.163. The number of esters is 1. The van der Waals surface area contributed by atoms with E-state index >= 15 is 0 Å². The van der Waals surface area contributed by atoms with Crippen molar-refractivity contribution in [2.24, 2.45) is 0 Å². The van der Waals surface area contributed by atoms with Crippen molar-refractivity contribution in [3.8, 4) is 11.3 Å². The van der Waals surface area contributed by atoms with Crippen LogP contribution in [0.15, 0.2) is 40.0 Å². The van der Waals surface area contributed by atoms with Crippen LogP contribution in [0.5, 0.6) is 0 Å². The van der Waals surface area contributed by atoms with E-state index in [9.17, 15) is 9.59 Å². The molecule has 0 aromatic carbocycles. The fourth-order valence-electron chi connectivity index (χ4n) is 2.02. The lowest BCUT2D eigenvalue weighted by Crippen LogP contribution is -2.12. The SMILES string of the molecule is COC(=O)c1cn(Cc2ccco2)cc2c(=O)[nH]nc1-2. The molecule has 2 aliphatic heterocycles. The summed E-state index contributed by atoms with van der Waals surface area (Å²) in [5.41, 5.74) is 0.519. The summed E-state index contributed by atoms with van der Waals surface area (Å²) in [6.07, 6.45) is 4.76. The highest BCUT2D eigenvalue weighted by molar-refractivity contribution is 5.95. The van der Waals surface area contributed by atoms with Crippen molar-refractivity contribution in [3.63, 3.8) is 0 Å². The van der Waals surface area contributed by atoms with Gasteiger partial charge in [0.15, 0.2) is 0 Å². The number of carbonyl (C=O) groups excluding carboxylic acids is 1. The zero-order valence-corrected chi connectivity index (χ0v) is 10.6. The van der Waals surface area contributed by atoms with E-state index < -0.39 is 5.97 Å². The predicted molar refractivity (Wildman–Crippen MR) is 68.6 cm³/mol. The van der Waals surface area contributed by atoms with E-state index in [0.717, 1.165) is 0 Å². The lowest BCUT2D eigenvalue weighted by atomic mass is 10.1. The molecule has 2 aliphatic rings. The number of aromatic amines is 1. The first-order valence-electron chi connectivity index (χ1n) is 5.88. The number of nitrogens with one attached hydrogen (secondary N) is 1. The monoisotopic (exact) mass is 273 g/mol. The number of furan rings is 1. The average molecular weight is 273 g/mol. The second-order valence-electron chi connectivity index (χ2n) is 4.23. The minimum Gasteiger partial charge on any atom is -0.467 e. The number of rotatable bonds is 3. The molecule has 3 heterocycles. The van der Waals surface area contributed by atoms with Crippen LogP contribution < -0.4 is 5.56 Å². The summed E-state index contributed by atoms with van der Waals surface area (Å²) < 4.78 is 11.6. The quantitative estimate of drug-likeness (QED) is 0.722. The average Bonchev–Trinajstić information content (AvgIpc) is 3.08. The number of carbonyl (C=O) groups is 1. The molecule has 0 radical (unpaired) electrons. The van der Waals surface area contributed by atoms with Gasteiger partial charge in [0.25, 0.3) is 5.56 Å². The fraction of sp³-hybridized carbons (Fsp3) is 0.154. The second kappa shape index (κ2) is 4.69. The van der Waals surface area contributed by atoms with Gasteiger partial charge in [-0.05, 0) is 12.1 Å². The summed E-state index contributed by atoms with van der Waals surface area (Å²) in [6.45, 7) is 0.400. The first kappa shape index (κ1) is 12.2. The highest BCUT2D eigenvalue weighted by Crippen LogP contribution is 2.21. The van der Waals surface area contributed by atoms with E-state index in [4.69, 9.17) is 9.15 Å². The molecule has 0 unspecified atom stereocenters. The number of hydrogen-bond donors (Lipinski definition) is 1. The Bertz CT molecular complexity index is 769. The van der Waals surface area contributed by atoms with Gasteiger partial charge in [-0.1, -0.05) is 0 Å². The number of methoxy groups -OCH3 is 1. The first-order valence-corrected chi connectivity index (χ1v) is 5.88. The summed E-state index contributed by atoms with van der Waals surface area (Å²) in [7, 11) is 1.28. The van der Waals surface area contributed by atoms with Crippen LogP contribution in [0.4, 0.5) is 0 Å². The van der Waals surface area contributed by atoms with Gasteiger partial charge in [-0.25, -0.2) is 9.89 Å². The Morgan fingerprint density at radius 2 is 2.35 bits per heavy atom. The Morgan fingerprint density at radius 3 is 3.05 bits per heavy atom. The van der Waals surface area contributed by atoms with E-state index in [1.54, 1.807) is 29.3 Å². The van der Waals surface area contributed by atoms with Crippen LogP contribution in [0.2, 0.25) is 0 Å². The van der Waals surface area contributed by atoms with E-state index in [0.29, 0.717) is 23.6 Å². The van der Waals surface area contributed by atoms with Gasteiger partial charge < -0.3 is 13.7 Å². The standard InChI is InChI=1S/C13H11N3O4/c1-19-13(18)10-7-16(5-8-3-2-4-20-8)6-9-11(10)14-15-12(9)17/h2-4,6-7H,5H2,1H3,(H,15,17). The third kappa shape index (κ3) is 1.99. The van der Waals surface area contributed by atoms with Crippen molar-refractivity contribution in [2.75, 3.05) is 7.11 Å². The predicted octanol–water partition coefficient (Wildman–Crippen LogP) is 1.10. The van der Waals surface area contributed by atoms with Gasteiger partial charge in [0.1, 0.15) is 17.0 Å². The molecular formula is C13H11N3O4. The van der Waals surface area contributed by atoms with Gasteiger partial charge in [-0.3, -0.25) is 4.79 Å². The van der Waals surface area contributed by atoms with Gasteiger partial charge in [-0.2, -0.15) is 5.10 Å². The summed E-state index contributed by atoms with van der Waals surface area (Å²) >= 11 is 0. The van der Waals surface area contributed by atoms with Crippen LogP contribution in [-0.2, 0) is 11.3 Å². The molecule has 0 aliphatic carbocycles. The van der Waals surface area contributed by atoms with Gasteiger partial charge in [-0.15, -0.1) is 0 Å². The van der Waals surface area contributed by atoms with Crippen molar-refractivity contribution in [1.29, 1.82) is 0 Å². The maximum atomic E-state index is 11.8. The minimum absolute atomic E-state index is 0.231. The Morgan fingerprint density at radius 1 is 1.50 bits per heavy atom. The molecule has 7 heteroatoms. The van der Waals surface area contributed by atoms with E-state index in [2.05, 4.69) is 10.2 Å². The number of fused-ring (bicyclic) bond motifs is 1. The van der Waals surface area contributed by atoms with Crippen molar-refractivity contribution >= 4 is 5.97 Å². The van der Waals surface area contributed by atoms with Crippen LogP contribution in [0.25, 0.3) is 11.3 Å². The molecule has 0 saturated carbocycles. The Balaban J connectivity index is 2.13. The summed E-state index contributed by atoms with van der Waals surface area (Å²) in [4.78, 5) is 23.5. The molecule has 0 spiro atoms.